The van der Waals surface area contributed by atoms with Crippen LogP contribution in [0.5, 0.6) is 0 Å². The van der Waals surface area contributed by atoms with Gasteiger partial charge in [-0.15, -0.1) is 0 Å². The average Bonchev–Trinajstić information content (AvgIpc) is 3.02. The number of ether oxygens (including phenoxy) is 1. The average molecular weight is 388 g/mol. The number of ketones is 1. The van der Waals surface area contributed by atoms with Gasteiger partial charge in [-0.3, -0.25) is 14.4 Å². The van der Waals surface area contributed by atoms with Gasteiger partial charge in [-0.2, -0.15) is 8.78 Å². The summed E-state index contributed by atoms with van der Waals surface area (Å²) >= 11 is 1.16. The van der Waals surface area contributed by atoms with E-state index in [1.807, 2.05) is 0 Å². The largest absolute Gasteiger partial charge is 0.465 e. The second-order valence-electron chi connectivity index (χ2n) is 6.12. The van der Waals surface area contributed by atoms with Gasteiger partial charge in [0.05, 0.1) is 6.61 Å². The molecule has 2 aliphatic rings. The highest BCUT2D eigenvalue weighted by molar-refractivity contribution is 7.98. The SMILES string of the molecule is CCOC(=O)C1CCCC1=O.CSc1nc2c(c(=O)[nH]1)CCCC2(F)F. The van der Waals surface area contributed by atoms with Crippen LogP contribution in [-0.2, 0) is 26.7 Å². The lowest BCUT2D eigenvalue weighted by Gasteiger charge is -2.23. The number of aromatic amines is 1. The highest BCUT2D eigenvalue weighted by Crippen LogP contribution is 2.37. The topological polar surface area (TPSA) is 89.1 Å². The fraction of sp³-hybridized carbons (Fsp3) is 0.647. The van der Waals surface area contributed by atoms with Crippen molar-refractivity contribution in [3.8, 4) is 0 Å². The number of nitrogens with one attached hydrogen (secondary N) is 1. The zero-order valence-electron chi connectivity index (χ0n) is 14.8. The van der Waals surface area contributed by atoms with Gasteiger partial charge in [-0.1, -0.05) is 11.8 Å². The summed E-state index contributed by atoms with van der Waals surface area (Å²) < 4.78 is 31.7. The second-order valence-corrected chi connectivity index (χ2v) is 6.92. The van der Waals surface area contributed by atoms with Crippen LogP contribution in [0.4, 0.5) is 8.78 Å². The Hall–Kier alpha value is -1.77. The van der Waals surface area contributed by atoms with Crippen molar-refractivity contribution < 1.29 is 23.1 Å². The monoisotopic (exact) mass is 388 g/mol. The van der Waals surface area contributed by atoms with Crippen LogP contribution in [0.3, 0.4) is 0 Å². The van der Waals surface area contributed by atoms with E-state index in [4.69, 9.17) is 4.74 Å². The molecule has 9 heteroatoms. The molecule has 1 heterocycles. The zero-order valence-corrected chi connectivity index (χ0v) is 15.6. The number of hydrogen-bond donors (Lipinski definition) is 1. The number of carbonyl (C=O) groups excluding carboxylic acids is 2. The zero-order chi connectivity index (χ0) is 19.3. The normalized spacial score (nSPS) is 20.8. The summed E-state index contributed by atoms with van der Waals surface area (Å²) in [7, 11) is 0. The first-order valence-corrected chi connectivity index (χ1v) is 9.77. The van der Waals surface area contributed by atoms with Crippen LogP contribution in [0.25, 0.3) is 0 Å². The molecule has 0 amide bonds. The minimum atomic E-state index is -2.95. The lowest BCUT2D eigenvalue weighted by atomic mass is 9.94. The molecular weight excluding hydrogens is 366 g/mol. The third-order valence-electron chi connectivity index (χ3n) is 4.33. The molecule has 1 saturated carbocycles. The Morgan fingerprint density at radius 1 is 1.35 bits per heavy atom. The molecule has 0 aliphatic heterocycles. The first-order chi connectivity index (χ1) is 12.3. The Labute approximate surface area is 154 Å². The van der Waals surface area contributed by atoms with Crippen molar-refractivity contribution in [2.45, 2.75) is 56.5 Å². The Balaban J connectivity index is 0.000000197. The predicted molar refractivity (Wildman–Crippen MR) is 92.5 cm³/mol. The summed E-state index contributed by atoms with van der Waals surface area (Å²) in [6.07, 6.45) is 4.25. The van der Waals surface area contributed by atoms with Crippen LogP contribution >= 0.6 is 11.8 Å². The maximum atomic E-state index is 13.5. The highest BCUT2D eigenvalue weighted by Gasteiger charge is 2.39. The van der Waals surface area contributed by atoms with Crippen molar-refractivity contribution in [1.82, 2.24) is 9.97 Å². The van der Waals surface area contributed by atoms with Gasteiger partial charge in [-0.05, 0) is 38.9 Å². The van der Waals surface area contributed by atoms with Crippen molar-refractivity contribution in [2.75, 3.05) is 12.9 Å². The van der Waals surface area contributed by atoms with E-state index >= 15 is 0 Å². The third-order valence-corrected chi connectivity index (χ3v) is 4.91. The summed E-state index contributed by atoms with van der Waals surface area (Å²) in [5.74, 6) is -3.69. The molecule has 1 aromatic heterocycles. The summed E-state index contributed by atoms with van der Waals surface area (Å²) in [6.45, 7) is 2.11. The molecule has 1 aromatic rings. The number of fused-ring (bicyclic) bond motifs is 1. The van der Waals surface area contributed by atoms with Crippen LogP contribution in [-0.4, -0.2) is 34.6 Å². The molecule has 0 radical (unpaired) electrons. The van der Waals surface area contributed by atoms with E-state index in [9.17, 15) is 23.2 Å². The predicted octanol–water partition coefficient (Wildman–Crippen LogP) is 2.84. The molecular formula is C17H22F2N2O4S. The van der Waals surface area contributed by atoms with Gasteiger partial charge in [0, 0.05) is 18.4 Å². The molecule has 26 heavy (non-hydrogen) atoms. The van der Waals surface area contributed by atoms with Crippen LogP contribution in [0.15, 0.2) is 9.95 Å². The van der Waals surface area contributed by atoms with Crippen molar-refractivity contribution in [2.24, 2.45) is 5.92 Å². The Morgan fingerprint density at radius 3 is 2.65 bits per heavy atom. The molecule has 1 fully saturated rings. The summed E-state index contributed by atoms with van der Waals surface area (Å²) in [6, 6.07) is 0. The first kappa shape index (κ1) is 20.5. The van der Waals surface area contributed by atoms with Gasteiger partial charge in [0.25, 0.3) is 11.5 Å². The number of thioether (sulfide) groups is 1. The van der Waals surface area contributed by atoms with Gasteiger partial charge in [0.15, 0.2) is 5.16 Å². The molecule has 1 N–H and O–H groups in total. The summed E-state index contributed by atoms with van der Waals surface area (Å²) in [5.41, 5.74) is -0.616. The minimum Gasteiger partial charge on any atom is -0.465 e. The highest BCUT2D eigenvalue weighted by atomic mass is 32.2. The van der Waals surface area contributed by atoms with Gasteiger partial charge >= 0.3 is 5.97 Å². The van der Waals surface area contributed by atoms with E-state index in [2.05, 4.69) is 9.97 Å². The standard InChI is InChI=1S/C9H10F2N2OS.C8H12O3/c1-15-8-12-6-5(7(14)13-8)3-2-4-9(6,10)11;1-2-11-8(10)6-4-3-5-7(6)9/h2-4H2,1H3,(H,12,13,14);6H,2-5H2,1H3. The molecule has 2 aliphatic carbocycles. The van der Waals surface area contributed by atoms with Gasteiger partial charge < -0.3 is 9.72 Å². The molecule has 0 bridgehead atoms. The van der Waals surface area contributed by atoms with Crippen molar-refractivity contribution >= 4 is 23.5 Å². The van der Waals surface area contributed by atoms with E-state index in [0.29, 0.717) is 32.3 Å². The van der Waals surface area contributed by atoms with Crippen molar-refractivity contribution in [1.29, 1.82) is 0 Å². The van der Waals surface area contributed by atoms with Crippen LogP contribution in [0, 0.1) is 5.92 Å². The molecule has 144 valence electrons. The molecule has 0 saturated heterocycles. The maximum absolute atomic E-state index is 13.5. The lowest BCUT2D eigenvalue weighted by Crippen LogP contribution is -2.30. The number of alkyl halides is 2. The number of H-pyrrole nitrogens is 1. The minimum absolute atomic E-state index is 0.0449. The molecule has 6 nitrogen and oxygen atoms in total. The first-order valence-electron chi connectivity index (χ1n) is 8.55. The number of aromatic nitrogens is 2. The van der Waals surface area contributed by atoms with E-state index in [1.165, 1.54) is 0 Å². The fourth-order valence-electron chi connectivity index (χ4n) is 3.02. The van der Waals surface area contributed by atoms with E-state index in [1.54, 1.807) is 13.2 Å². The third kappa shape index (κ3) is 4.69. The molecule has 0 aromatic carbocycles. The smallest absolute Gasteiger partial charge is 0.316 e. The van der Waals surface area contributed by atoms with Crippen LogP contribution in [0.1, 0.15) is 50.3 Å². The van der Waals surface area contributed by atoms with Crippen LogP contribution < -0.4 is 5.56 Å². The molecule has 1 atom stereocenters. The fourth-order valence-corrected chi connectivity index (χ4v) is 3.40. The summed E-state index contributed by atoms with van der Waals surface area (Å²) in [4.78, 5) is 39.8. The lowest BCUT2D eigenvalue weighted by molar-refractivity contribution is -0.150. The Kier molecular flexibility index (Phi) is 6.91. The molecule has 0 spiro atoms. The van der Waals surface area contributed by atoms with Crippen molar-refractivity contribution in [3.05, 3.63) is 21.6 Å². The molecule has 1 unspecified atom stereocenters. The number of hydrogen-bond acceptors (Lipinski definition) is 6. The van der Waals surface area contributed by atoms with E-state index < -0.39 is 17.4 Å². The van der Waals surface area contributed by atoms with Gasteiger partial charge in [0.1, 0.15) is 17.4 Å². The van der Waals surface area contributed by atoms with E-state index in [-0.39, 0.29) is 34.6 Å². The number of nitrogens with zero attached hydrogens (tertiary/aromatic N) is 1. The number of esters is 1. The van der Waals surface area contributed by atoms with Gasteiger partial charge in [0.2, 0.25) is 0 Å². The summed E-state index contributed by atoms with van der Waals surface area (Å²) in [5, 5.41) is 0.250. The Bertz CT molecular complexity index is 736. The van der Waals surface area contributed by atoms with Gasteiger partial charge in [-0.25, -0.2) is 4.98 Å². The second kappa shape index (κ2) is 8.75. The van der Waals surface area contributed by atoms with E-state index in [0.717, 1.165) is 18.2 Å². The van der Waals surface area contributed by atoms with Crippen LogP contribution in [0.2, 0.25) is 0 Å². The Morgan fingerprint density at radius 2 is 2.08 bits per heavy atom. The van der Waals surface area contributed by atoms with Crippen molar-refractivity contribution in [3.63, 3.8) is 0 Å². The number of carbonyl (C=O) groups is 2. The number of rotatable bonds is 3. The molecule has 3 rings (SSSR count). The number of halogens is 2. The maximum Gasteiger partial charge on any atom is 0.316 e. The quantitative estimate of drug-likeness (QED) is 0.371. The number of Topliss-reactive ketones (excluding diaryl/α,β-unsaturated/α-hetero) is 1.